The van der Waals surface area contributed by atoms with Crippen LogP contribution in [0.3, 0.4) is 0 Å². The molecule has 1 aliphatic heterocycles. The van der Waals surface area contributed by atoms with Gasteiger partial charge in [0, 0.05) is 20.0 Å². The largest absolute Gasteiger partial charge is 0.359 e. The fraction of sp³-hybridized carbons (Fsp3) is 0.286. The molecule has 2 amide bonds. The van der Waals surface area contributed by atoms with Crippen LogP contribution in [0.1, 0.15) is 18.4 Å². The zero-order chi connectivity index (χ0) is 19.1. The minimum Gasteiger partial charge on any atom is -0.359 e. The van der Waals surface area contributed by atoms with Gasteiger partial charge in [0.15, 0.2) is 5.17 Å². The van der Waals surface area contributed by atoms with E-state index >= 15 is 0 Å². The average molecular weight is 382 g/mol. The lowest BCUT2D eigenvalue weighted by Gasteiger charge is -2.16. The van der Waals surface area contributed by atoms with Gasteiger partial charge in [-0.05, 0) is 30.5 Å². The predicted molar refractivity (Wildman–Crippen MR) is 110 cm³/mol. The van der Waals surface area contributed by atoms with E-state index in [0.29, 0.717) is 11.7 Å². The fourth-order valence-corrected chi connectivity index (χ4v) is 4.08. The summed E-state index contributed by atoms with van der Waals surface area (Å²) in [5, 5.41) is 2.85. The molecule has 6 heteroatoms. The zero-order valence-corrected chi connectivity index (χ0v) is 16.1. The highest BCUT2D eigenvalue weighted by Gasteiger charge is 2.38. The number of para-hydroxylation sites is 1. The second-order valence-electron chi connectivity index (χ2n) is 6.29. The predicted octanol–water partition coefficient (Wildman–Crippen LogP) is 3.39. The first-order valence-corrected chi connectivity index (χ1v) is 9.91. The molecule has 1 aliphatic rings. The molecule has 27 heavy (non-hydrogen) atoms. The number of hydrogen-bond donors (Lipinski definition) is 1. The summed E-state index contributed by atoms with van der Waals surface area (Å²) in [5.41, 5.74) is 2.06. The highest BCUT2D eigenvalue weighted by Crippen LogP contribution is 2.31. The maximum Gasteiger partial charge on any atom is 0.242 e. The smallest absolute Gasteiger partial charge is 0.242 e. The Morgan fingerprint density at radius 3 is 2.44 bits per heavy atom. The molecule has 0 unspecified atom stereocenters. The lowest BCUT2D eigenvalue weighted by atomic mass is 10.1. The minimum absolute atomic E-state index is 0.0358. The van der Waals surface area contributed by atoms with E-state index in [1.807, 2.05) is 48.5 Å². The number of nitrogens with one attached hydrogen (secondary N) is 1. The van der Waals surface area contributed by atoms with Gasteiger partial charge in [0.2, 0.25) is 11.8 Å². The molecule has 0 bridgehead atoms. The van der Waals surface area contributed by atoms with Gasteiger partial charge in [0.05, 0.1) is 5.69 Å². The normalized spacial score (nSPS) is 18.1. The van der Waals surface area contributed by atoms with Gasteiger partial charge in [0.1, 0.15) is 5.25 Å². The molecule has 0 aromatic heterocycles. The van der Waals surface area contributed by atoms with Crippen molar-refractivity contribution in [3.63, 3.8) is 0 Å². The van der Waals surface area contributed by atoms with Crippen LogP contribution in [0.25, 0.3) is 0 Å². The molecule has 0 aliphatic carbocycles. The van der Waals surface area contributed by atoms with Crippen LogP contribution in [0.5, 0.6) is 0 Å². The van der Waals surface area contributed by atoms with Crippen LogP contribution in [0.2, 0.25) is 0 Å². The number of thioether (sulfide) groups is 1. The van der Waals surface area contributed by atoms with E-state index in [0.717, 1.165) is 18.5 Å². The van der Waals surface area contributed by atoms with Crippen molar-refractivity contribution in [1.29, 1.82) is 0 Å². The lowest BCUT2D eigenvalue weighted by molar-refractivity contribution is -0.129. The van der Waals surface area contributed by atoms with Crippen molar-refractivity contribution in [3.8, 4) is 0 Å². The fourth-order valence-electron chi connectivity index (χ4n) is 2.90. The van der Waals surface area contributed by atoms with Crippen molar-refractivity contribution < 1.29 is 9.59 Å². The molecule has 140 valence electrons. The van der Waals surface area contributed by atoms with Gasteiger partial charge < -0.3 is 5.32 Å². The van der Waals surface area contributed by atoms with Gasteiger partial charge in [-0.3, -0.25) is 14.5 Å². The molecule has 0 saturated carbocycles. The topological polar surface area (TPSA) is 61.8 Å². The molecule has 1 fully saturated rings. The van der Waals surface area contributed by atoms with Crippen LogP contribution in [0.4, 0.5) is 5.69 Å². The summed E-state index contributed by atoms with van der Waals surface area (Å²) in [6.45, 7) is 0.594. The Hall–Kier alpha value is -2.60. The summed E-state index contributed by atoms with van der Waals surface area (Å²) >= 11 is 1.38. The standard InChI is InChI=1S/C21H23N3O2S/c1-22-19(25)15-18-20(26)24(14-8-11-16-9-4-2-5-10-16)21(27-18)23-17-12-6-3-7-13-17/h2-7,9-10,12-13,18H,8,11,14-15H2,1H3,(H,22,25)/t18-/m1/s1. The molecule has 2 aromatic carbocycles. The first-order chi connectivity index (χ1) is 13.2. The van der Waals surface area contributed by atoms with Gasteiger partial charge in [-0.15, -0.1) is 0 Å². The number of carbonyl (C=O) groups excluding carboxylic acids is 2. The first-order valence-electron chi connectivity index (χ1n) is 9.03. The molecule has 3 rings (SSSR count). The maximum absolute atomic E-state index is 12.8. The Labute approximate surface area is 163 Å². The van der Waals surface area contributed by atoms with Crippen molar-refractivity contribution >= 4 is 34.4 Å². The molecule has 1 atom stereocenters. The number of amidine groups is 1. The third kappa shape index (κ3) is 5.20. The Morgan fingerprint density at radius 1 is 1.11 bits per heavy atom. The molecule has 0 radical (unpaired) electrons. The number of rotatable bonds is 7. The van der Waals surface area contributed by atoms with E-state index in [2.05, 4.69) is 22.4 Å². The van der Waals surface area contributed by atoms with Gasteiger partial charge in [-0.1, -0.05) is 60.3 Å². The zero-order valence-electron chi connectivity index (χ0n) is 15.3. The van der Waals surface area contributed by atoms with E-state index in [4.69, 9.17) is 0 Å². The van der Waals surface area contributed by atoms with Gasteiger partial charge in [0.25, 0.3) is 0 Å². The number of nitrogens with zero attached hydrogens (tertiary/aromatic N) is 2. The van der Waals surface area contributed by atoms with Crippen LogP contribution in [0, 0.1) is 0 Å². The monoisotopic (exact) mass is 381 g/mol. The molecular weight excluding hydrogens is 358 g/mol. The molecule has 0 spiro atoms. The molecule has 1 heterocycles. The summed E-state index contributed by atoms with van der Waals surface area (Å²) in [7, 11) is 1.59. The van der Waals surface area contributed by atoms with Crippen molar-refractivity contribution in [1.82, 2.24) is 10.2 Å². The molecule has 2 aromatic rings. The summed E-state index contributed by atoms with van der Waals surface area (Å²) in [5.74, 6) is -0.169. The average Bonchev–Trinajstić information content (AvgIpc) is 2.98. The van der Waals surface area contributed by atoms with E-state index in [1.54, 1.807) is 11.9 Å². The molecule has 1 saturated heterocycles. The van der Waals surface area contributed by atoms with Crippen molar-refractivity contribution in [2.24, 2.45) is 4.99 Å². The third-order valence-electron chi connectivity index (χ3n) is 4.34. The number of aliphatic imine (C=N–C) groups is 1. The third-order valence-corrected chi connectivity index (χ3v) is 5.52. The summed E-state index contributed by atoms with van der Waals surface area (Å²) in [6.07, 6.45) is 1.91. The SMILES string of the molecule is CNC(=O)C[C@H]1SC(=Nc2ccccc2)N(CCCc2ccccc2)C1=O. The van der Waals surface area contributed by atoms with Crippen LogP contribution in [-0.4, -0.2) is 40.7 Å². The van der Waals surface area contributed by atoms with E-state index in [9.17, 15) is 9.59 Å². The van der Waals surface area contributed by atoms with E-state index in [1.165, 1.54) is 17.3 Å². The molecule has 1 N–H and O–H groups in total. The van der Waals surface area contributed by atoms with E-state index < -0.39 is 5.25 Å². The van der Waals surface area contributed by atoms with Crippen LogP contribution in [-0.2, 0) is 16.0 Å². The maximum atomic E-state index is 12.8. The Bertz CT molecular complexity index is 809. The first kappa shape index (κ1) is 19.2. The number of amides is 2. The summed E-state index contributed by atoms with van der Waals surface area (Å²) in [4.78, 5) is 31.0. The van der Waals surface area contributed by atoms with Gasteiger partial charge >= 0.3 is 0 Å². The number of benzene rings is 2. The summed E-state index contributed by atoms with van der Waals surface area (Å²) in [6, 6.07) is 19.8. The second kappa shape index (κ2) is 9.37. The van der Waals surface area contributed by atoms with Crippen molar-refractivity contribution in [2.75, 3.05) is 13.6 Å². The van der Waals surface area contributed by atoms with Crippen LogP contribution < -0.4 is 5.32 Å². The quantitative estimate of drug-likeness (QED) is 0.800. The van der Waals surface area contributed by atoms with E-state index in [-0.39, 0.29) is 18.2 Å². The molecule has 5 nitrogen and oxygen atoms in total. The number of aryl methyl sites for hydroxylation is 1. The number of carbonyl (C=O) groups is 2. The van der Waals surface area contributed by atoms with Crippen molar-refractivity contribution in [3.05, 3.63) is 66.2 Å². The molecular formula is C21H23N3O2S. The van der Waals surface area contributed by atoms with Crippen LogP contribution >= 0.6 is 11.8 Å². The highest BCUT2D eigenvalue weighted by molar-refractivity contribution is 8.15. The summed E-state index contributed by atoms with van der Waals surface area (Å²) < 4.78 is 0. The highest BCUT2D eigenvalue weighted by atomic mass is 32.2. The van der Waals surface area contributed by atoms with Gasteiger partial charge in [-0.25, -0.2) is 4.99 Å². The Balaban J connectivity index is 1.72. The van der Waals surface area contributed by atoms with Crippen molar-refractivity contribution in [2.45, 2.75) is 24.5 Å². The Morgan fingerprint density at radius 2 is 1.78 bits per heavy atom. The minimum atomic E-state index is -0.413. The van der Waals surface area contributed by atoms with Gasteiger partial charge in [-0.2, -0.15) is 0 Å². The van der Waals surface area contributed by atoms with Crippen LogP contribution in [0.15, 0.2) is 65.7 Å². The lowest BCUT2D eigenvalue weighted by Crippen LogP contribution is -2.35. The second-order valence-corrected chi connectivity index (χ2v) is 7.46. The Kier molecular flexibility index (Phi) is 6.65. The number of hydrogen-bond acceptors (Lipinski definition) is 4.